The van der Waals surface area contributed by atoms with Crippen molar-refractivity contribution >= 4 is 39.0 Å². The highest BCUT2D eigenvalue weighted by atomic mass is 16.3. The molecule has 3 aromatic carbocycles. The molecule has 0 amide bonds. The summed E-state index contributed by atoms with van der Waals surface area (Å²) >= 11 is 0. The van der Waals surface area contributed by atoms with Crippen LogP contribution in [0.2, 0.25) is 0 Å². The van der Waals surface area contributed by atoms with Gasteiger partial charge in [0.05, 0.1) is 17.1 Å². The Morgan fingerprint density at radius 3 is 2.61 bits per heavy atom. The van der Waals surface area contributed by atoms with Gasteiger partial charge in [-0.15, -0.1) is 0 Å². The molecular weight excluding hydrogens is 388 g/mol. The fraction of sp³-hybridized carbons (Fsp3) is 0. The molecule has 148 valence electrons. The molecule has 0 unspecified atom stereocenters. The van der Waals surface area contributed by atoms with E-state index in [1.165, 1.54) is 4.68 Å². The smallest absolute Gasteiger partial charge is 0.282 e. The average molecular weight is 404 g/mol. The second-order valence-electron chi connectivity index (χ2n) is 7.25. The predicted octanol–water partition coefficient (Wildman–Crippen LogP) is 5.17. The lowest BCUT2D eigenvalue weighted by Gasteiger charge is -2.07. The number of nitrogens with zero attached hydrogens (tertiary/aromatic N) is 3. The second kappa shape index (κ2) is 6.81. The van der Waals surface area contributed by atoms with Crippen LogP contribution in [0.5, 0.6) is 0 Å². The molecule has 0 aliphatic heterocycles. The number of nitrogens with one attached hydrogen (secondary N) is 1. The van der Waals surface area contributed by atoms with Gasteiger partial charge >= 0.3 is 0 Å². The number of benzene rings is 3. The van der Waals surface area contributed by atoms with Gasteiger partial charge in [-0.2, -0.15) is 9.78 Å². The summed E-state index contributed by atoms with van der Waals surface area (Å²) in [4.78, 5) is 21.3. The first kappa shape index (κ1) is 17.4. The Hall–Kier alpha value is -4.45. The number of aromatic nitrogens is 3. The van der Waals surface area contributed by atoms with Crippen molar-refractivity contribution in [3.63, 3.8) is 0 Å². The lowest BCUT2D eigenvalue weighted by molar-refractivity contribution is 0.616. The van der Waals surface area contributed by atoms with Gasteiger partial charge in [-0.3, -0.25) is 4.79 Å². The van der Waals surface area contributed by atoms with E-state index in [-0.39, 0.29) is 5.56 Å². The van der Waals surface area contributed by atoms with Gasteiger partial charge in [0.1, 0.15) is 5.58 Å². The van der Waals surface area contributed by atoms with E-state index >= 15 is 0 Å². The number of hydrogen-bond acceptors (Lipinski definition) is 4. The Morgan fingerprint density at radius 1 is 0.935 bits per heavy atom. The van der Waals surface area contributed by atoms with Gasteiger partial charge in [-0.1, -0.05) is 48.5 Å². The molecule has 6 nitrogen and oxygen atoms in total. The number of fused-ring (bicyclic) bond motifs is 3. The van der Waals surface area contributed by atoms with Gasteiger partial charge in [0, 0.05) is 28.0 Å². The number of aromatic amines is 1. The van der Waals surface area contributed by atoms with Crippen molar-refractivity contribution < 1.29 is 4.42 Å². The van der Waals surface area contributed by atoms with Crippen molar-refractivity contribution in [3.8, 4) is 11.6 Å². The molecule has 0 fully saturated rings. The number of furan rings is 1. The first-order valence-corrected chi connectivity index (χ1v) is 9.89. The van der Waals surface area contributed by atoms with Gasteiger partial charge < -0.3 is 9.40 Å². The van der Waals surface area contributed by atoms with Crippen LogP contribution in [0.25, 0.3) is 44.4 Å². The number of rotatable bonds is 3. The summed E-state index contributed by atoms with van der Waals surface area (Å²) in [7, 11) is 0. The van der Waals surface area contributed by atoms with Gasteiger partial charge in [-0.25, -0.2) is 4.98 Å². The first-order chi connectivity index (χ1) is 15.3. The molecule has 3 heterocycles. The molecule has 6 aromatic rings. The minimum absolute atomic E-state index is 0.253. The lowest BCUT2D eigenvalue weighted by atomic mass is 10.2. The molecule has 0 aliphatic rings. The molecule has 6 rings (SSSR count). The summed E-state index contributed by atoms with van der Waals surface area (Å²) in [5.41, 5.74) is 2.96. The van der Waals surface area contributed by atoms with Crippen LogP contribution in [0.4, 0.5) is 0 Å². The second-order valence-corrected chi connectivity index (χ2v) is 7.25. The third kappa shape index (κ3) is 2.85. The van der Waals surface area contributed by atoms with Crippen LogP contribution in [0.1, 0.15) is 5.56 Å². The zero-order valence-electron chi connectivity index (χ0n) is 16.3. The minimum Gasteiger partial charge on any atom is -0.453 e. The van der Waals surface area contributed by atoms with E-state index in [9.17, 15) is 4.79 Å². The van der Waals surface area contributed by atoms with Crippen LogP contribution in [0.15, 0.2) is 99.4 Å². The Kier molecular flexibility index (Phi) is 3.83. The highest BCUT2D eigenvalue weighted by Crippen LogP contribution is 2.27. The summed E-state index contributed by atoms with van der Waals surface area (Å²) in [5.74, 6) is 0.844. The molecule has 0 saturated heterocycles. The van der Waals surface area contributed by atoms with Crippen molar-refractivity contribution in [1.29, 1.82) is 0 Å². The van der Waals surface area contributed by atoms with Crippen LogP contribution in [0.3, 0.4) is 0 Å². The maximum atomic E-state index is 13.3. The van der Waals surface area contributed by atoms with Crippen molar-refractivity contribution in [3.05, 3.63) is 101 Å². The molecule has 0 atom stereocenters. The van der Waals surface area contributed by atoms with Gasteiger partial charge in [0.2, 0.25) is 5.82 Å². The molecule has 3 aromatic heterocycles. The van der Waals surface area contributed by atoms with E-state index < -0.39 is 0 Å². The third-order valence-corrected chi connectivity index (χ3v) is 5.33. The Morgan fingerprint density at radius 2 is 1.71 bits per heavy atom. The van der Waals surface area contributed by atoms with Gasteiger partial charge in [0.15, 0.2) is 5.76 Å². The molecule has 0 radical (unpaired) electrons. The largest absolute Gasteiger partial charge is 0.453 e. The minimum atomic E-state index is -0.253. The monoisotopic (exact) mass is 404 g/mol. The number of hydrogen-bond donors (Lipinski definition) is 1. The molecule has 0 spiro atoms. The SMILES string of the molecule is O=c1c2ccccc2nc(-c2cc3ccccc3o2)n1N=Cc1c[nH]c2ccccc12. The Balaban J connectivity index is 1.59. The first-order valence-electron chi connectivity index (χ1n) is 9.89. The lowest BCUT2D eigenvalue weighted by Crippen LogP contribution is -2.20. The summed E-state index contributed by atoms with van der Waals surface area (Å²) in [6.45, 7) is 0. The van der Waals surface area contributed by atoms with Crippen molar-refractivity contribution in [1.82, 2.24) is 14.6 Å². The summed E-state index contributed by atoms with van der Waals surface area (Å²) < 4.78 is 7.31. The highest BCUT2D eigenvalue weighted by molar-refractivity contribution is 5.99. The maximum absolute atomic E-state index is 13.3. The molecule has 1 N–H and O–H groups in total. The van der Waals surface area contributed by atoms with E-state index in [1.54, 1.807) is 12.3 Å². The molecule has 31 heavy (non-hydrogen) atoms. The zero-order valence-corrected chi connectivity index (χ0v) is 16.3. The Bertz CT molecular complexity index is 1640. The van der Waals surface area contributed by atoms with E-state index in [1.807, 2.05) is 79.0 Å². The van der Waals surface area contributed by atoms with E-state index in [0.29, 0.717) is 22.5 Å². The van der Waals surface area contributed by atoms with Crippen molar-refractivity contribution in [2.24, 2.45) is 5.10 Å². The predicted molar refractivity (Wildman–Crippen MR) is 123 cm³/mol. The summed E-state index contributed by atoms with van der Waals surface area (Å²) in [6.07, 6.45) is 3.54. The zero-order chi connectivity index (χ0) is 20.8. The average Bonchev–Trinajstić information content (AvgIpc) is 3.42. The molecule has 0 aliphatic carbocycles. The van der Waals surface area contributed by atoms with Crippen LogP contribution >= 0.6 is 0 Å². The molecule has 6 heteroatoms. The summed E-state index contributed by atoms with van der Waals surface area (Å²) in [5, 5.41) is 6.99. The molecule has 0 bridgehead atoms. The van der Waals surface area contributed by atoms with E-state index in [0.717, 1.165) is 27.4 Å². The maximum Gasteiger partial charge on any atom is 0.282 e. The van der Waals surface area contributed by atoms with Crippen LogP contribution in [0, 0.1) is 0 Å². The van der Waals surface area contributed by atoms with E-state index in [4.69, 9.17) is 9.40 Å². The fourth-order valence-corrected chi connectivity index (χ4v) is 3.80. The highest BCUT2D eigenvalue weighted by Gasteiger charge is 2.16. The van der Waals surface area contributed by atoms with Gasteiger partial charge in [-0.05, 0) is 30.3 Å². The van der Waals surface area contributed by atoms with Gasteiger partial charge in [0.25, 0.3) is 5.56 Å². The fourth-order valence-electron chi connectivity index (χ4n) is 3.80. The quantitative estimate of drug-likeness (QED) is 0.413. The normalized spacial score (nSPS) is 11.9. The standard InChI is InChI=1S/C25H16N4O2/c30-25-19-9-3-5-11-21(19)28-24(23-13-16-7-1-6-12-22(16)31-23)29(25)27-15-17-14-26-20-10-4-2-8-18(17)20/h1-15,26H. The topological polar surface area (TPSA) is 76.2 Å². The van der Waals surface area contributed by atoms with Crippen LogP contribution in [-0.2, 0) is 0 Å². The van der Waals surface area contributed by atoms with Crippen molar-refractivity contribution in [2.75, 3.05) is 0 Å². The molecular formula is C25H16N4O2. The number of para-hydroxylation sites is 3. The van der Waals surface area contributed by atoms with E-state index in [2.05, 4.69) is 10.1 Å². The van der Waals surface area contributed by atoms with Crippen molar-refractivity contribution in [2.45, 2.75) is 0 Å². The Labute approximate surface area is 176 Å². The number of H-pyrrole nitrogens is 1. The molecule has 0 saturated carbocycles. The third-order valence-electron chi connectivity index (χ3n) is 5.33. The van der Waals surface area contributed by atoms with Crippen LogP contribution < -0.4 is 5.56 Å². The van der Waals surface area contributed by atoms with Crippen LogP contribution in [-0.4, -0.2) is 20.9 Å². The summed E-state index contributed by atoms with van der Waals surface area (Å²) in [6, 6.07) is 24.8.